The number of likely N-dealkylation sites (tertiary alicyclic amines) is 1. The summed E-state index contributed by atoms with van der Waals surface area (Å²) in [5.41, 5.74) is 11.7. The van der Waals surface area contributed by atoms with Crippen molar-refractivity contribution >= 4 is 47.4 Å². The Hall–Kier alpha value is -4.32. The van der Waals surface area contributed by atoms with Crippen molar-refractivity contribution < 1.29 is 48.6 Å². The maximum absolute atomic E-state index is 13.9. The monoisotopic (exact) mass is 797 g/mol. The van der Waals surface area contributed by atoms with Gasteiger partial charge in [-0.15, -0.1) is 0 Å². The van der Waals surface area contributed by atoms with Crippen LogP contribution in [0.15, 0.2) is 0 Å². The second-order valence-corrected chi connectivity index (χ2v) is 15.7. The highest BCUT2D eigenvalue weighted by Crippen LogP contribution is 2.21. The molecule has 56 heavy (non-hydrogen) atoms. The second-order valence-electron chi connectivity index (χ2n) is 15.7. The summed E-state index contributed by atoms with van der Waals surface area (Å²) in [4.78, 5) is 106. The summed E-state index contributed by atoms with van der Waals surface area (Å²) in [7, 11) is 0. The molecule has 0 saturated carbocycles. The standard InChI is InChI=1S/C38H68N8O10/c1-9-22(7)30(36(53)45-31(38(55)56)23(8)10-2)44-35(52)29(21(5)6)43-33(50)26(19-28(47)48)42-34(51)27-15-13-17-46(27)37(54)25(14-11-12-16-39)41-32(49)24(40)18-20(3)4/h20-27,29-31H,9-19,39-40H2,1-8H3,(H,41,49)(H,42,51)(H,43,50)(H,44,52)(H,45,53)(H,47,48)(H,55,56)/t22-,23-,24-,25-,26-,27-,29-,30-,31-/m0/s1. The molecule has 9 atom stereocenters. The van der Waals surface area contributed by atoms with Gasteiger partial charge >= 0.3 is 11.9 Å². The lowest BCUT2D eigenvalue weighted by atomic mass is 9.94. The molecule has 11 N–H and O–H groups in total. The van der Waals surface area contributed by atoms with Crippen LogP contribution in [0, 0.1) is 23.7 Å². The number of nitrogens with one attached hydrogen (secondary N) is 5. The SMILES string of the molecule is CC[C@H](C)[C@H](NC(=O)[C@@H](NC(=O)[C@@H](NC(=O)[C@H](CC(=O)O)NC(=O)[C@@H]1CCCN1C(=O)[C@H](CCCCN)NC(=O)[C@@H](N)CC(C)C)C(C)C)[C@@H](C)CC)C(=O)O. The Morgan fingerprint density at radius 2 is 1.27 bits per heavy atom. The summed E-state index contributed by atoms with van der Waals surface area (Å²) in [6.45, 7) is 14.6. The average molecular weight is 797 g/mol. The van der Waals surface area contributed by atoms with E-state index in [0.29, 0.717) is 45.1 Å². The Labute approximate surface area is 330 Å². The van der Waals surface area contributed by atoms with Gasteiger partial charge in [0, 0.05) is 6.54 Å². The highest BCUT2D eigenvalue weighted by molar-refractivity contribution is 5.98. The third-order valence-corrected chi connectivity index (χ3v) is 10.3. The molecule has 1 aliphatic heterocycles. The predicted molar refractivity (Wildman–Crippen MR) is 208 cm³/mol. The number of hydrogen-bond donors (Lipinski definition) is 9. The molecule has 18 heteroatoms. The van der Waals surface area contributed by atoms with Crippen molar-refractivity contribution in [3.63, 3.8) is 0 Å². The fourth-order valence-corrected chi connectivity index (χ4v) is 6.46. The quantitative estimate of drug-likeness (QED) is 0.0561. The van der Waals surface area contributed by atoms with Crippen molar-refractivity contribution in [3.05, 3.63) is 0 Å². The van der Waals surface area contributed by atoms with Gasteiger partial charge in [-0.25, -0.2) is 4.79 Å². The number of nitrogens with zero attached hydrogens (tertiary/aromatic N) is 1. The van der Waals surface area contributed by atoms with Gasteiger partial charge in [0.15, 0.2) is 0 Å². The first-order chi connectivity index (χ1) is 26.2. The average Bonchev–Trinajstić information content (AvgIpc) is 3.62. The molecule has 1 fully saturated rings. The Morgan fingerprint density at radius 3 is 1.79 bits per heavy atom. The Kier molecular flexibility index (Phi) is 21.6. The predicted octanol–water partition coefficient (Wildman–Crippen LogP) is 0.211. The molecule has 6 amide bonds. The molecule has 1 heterocycles. The molecular formula is C38H68N8O10. The molecule has 18 nitrogen and oxygen atoms in total. The van der Waals surface area contributed by atoms with Crippen LogP contribution in [0.5, 0.6) is 0 Å². The zero-order chi connectivity index (χ0) is 42.9. The first kappa shape index (κ1) is 49.7. The van der Waals surface area contributed by atoms with Crippen molar-refractivity contribution in [2.75, 3.05) is 13.1 Å². The van der Waals surface area contributed by atoms with Gasteiger partial charge in [0.1, 0.15) is 36.3 Å². The molecule has 0 aromatic rings. The molecule has 0 radical (unpaired) electrons. The highest BCUT2D eigenvalue weighted by Gasteiger charge is 2.40. The van der Waals surface area contributed by atoms with E-state index in [4.69, 9.17) is 11.5 Å². The molecule has 1 saturated heterocycles. The number of carboxylic acid groups (broad SMARTS) is 2. The Balaban J connectivity index is 3.25. The first-order valence-electron chi connectivity index (χ1n) is 19.9. The summed E-state index contributed by atoms with van der Waals surface area (Å²) in [5, 5.41) is 32.3. The number of carbonyl (C=O) groups excluding carboxylic acids is 6. The molecular weight excluding hydrogens is 728 g/mol. The molecule has 1 rings (SSSR count). The van der Waals surface area contributed by atoms with E-state index < -0.39 is 114 Å². The second kappa shape index (κ2) is 24.3. The number of amides is 6. The van der Waals surface area contributed by atoms with Crippen LogP contribution in [0.25, 0.3) is 0 Å². The molecule has 0 aromatic heterocycles. The van der Waals surface area contributed by atoms with Crippen molar-refractivity contribution in [2.24, 2.45) is 35.1 Å². The fraction of sp³-hybridized carbons (Fsp3) is 0.789. The fourth-order valence-electron chi connectivity index (χ4n) is 6.46. The molecule has 0 spiro atoms. The lowest BCUT2D eigenvalue weighted by molar-refractivity contribution is -0.144. The van der Waals surface area contributed by atoms with E-state index in [1.54, 1.807) is 41.5 Å². The van der Waals surface area contributed by atoms with Gasteiger partial charge < -0.3 is 53.2 Å². The smallest absolute Gasteiger partial charge is 0.326 e. The maximum Gasteiger partial charge on any atom is 0.326 e. The Morgan fingerprint density at radius 1 is 0.714 bits per heavy atom. The van der Waals surface area contributed by atoms with Crippen LogP contribution in [-0.4, -0.2) is 118 Å². The van der Waals surface area contributed by atoms with Crippen LogP contribution in [-0.2, 0) is 38.4 Å². The van der Waals surface area contributed by atoms with Crippen LogP contribution >= 0.6 is 0 Å². The number of aliphatic carboxylic acids is 2. The number of carboxylic acids is 2. The minimum absolute atomic E-state index is 0.135. The molecule has 0 aliphatic carbocycles. The van der Waals surface area contributed by atoms with E-state index in [1.165, 1.54) is 4.90 Å². The van der Waals surface area contributed by atoms with E-state index in [1.807, 2.05) is 13.8 Å². The number of nitrogens with two attached hydrogens (primary N) is 2. The first-order valence-corrected chi connectivity index (χ1v) is 19.9. The van der Waals surface area contributed by atoms with Crippen LogP contribution in [0.4, 0.5) is 0 Å². The van der Waals surface area contributed by atoms with Gasteiger partial charge in [0.2, 0.25) is 35.4 Å². The number of carbonyl (C=O) groups is 8. The van der Waals surface area contributed by atoms with Crippen LogP contribution in [0.3, 0.4) is 0 Å². The maximum atomic E-state index is 13.9. The van der Waals surface area contributed by atoms with Gasteiger partial charge in [0.25, 0.3) is 0 Å². The zero-order valence-corrected chi connectivity index (χ0v) is 34.4. The van der Waals surface area contributed by atoms with Crippen molar-refractivity contribution in [1.29, 1.82) is 0 Å². The van der Waals surface area contributed by atoms with Gasteiger partial charge in [0.05, 0.1) is 12.5 Å². The molecule has 320 valence electrons. The molecule has 0 aromatic carbocycles. The number of hydrogen-bond acceptors (Lipinski definition) is 10. The topological polar surface area (TPSA) is 292 Å². The van der Waals surface area contributed by atoms with Gasteiger partial charge in [-0.05, 0) is 68.7 Å². The van der Waals surface area contributed by atoms with Crippen molar-refractivity contribution in [3.8, 4) is 0 Å². The summed E-state index contributed by atoms with van der Waals surface area (Å²) >= 11 is 0. The van der Waals surface area contributed by atoms with Gasteiger partial charge in [-0.2, -0.15) is 0 Å². The van der Waals surface area contributed by atoms with E-state index in [9.17, 15) is 48.6 Å². The van der Waals surface area contributed by atoms with E-state index >= 15 is 0 Å². The largest absolute Gasteiger partial charge is 0.481 e. The van der Waals surface area contributed by atoms with Crippen molar-refractivity contribution in [1.82, 2.24) is 31.5 Å². The zero-order valence-electron chi connectivity index (χ0n) is 34.4. The van der Waals surface area contributed by atoms with Gasteiger partial charge in [-0.3, -0.25) is 33.6 Å². The van der Waals surface area contributed by atoms with E-state index in [2.05, 4.69) is 26.6 Å². The van der Waals surface area contributed by atoms with Gasteiger partial charge in [-0.1, -0.05) is 68.2 Å². The normalized spacial score (nSPS) is 18.4. The third-order valence-electron chi connectivity index (χ3n) is 10.3. The molecule has 0 bridgehead atoms. The minimum Gasteiger partial charge on any atom is -0.481 e. The molecule has 1 aliphatic rings. The summed E-state index contributed by atoms with van der Waals surface area (Å²) < 4.78 is 0. The number of rotatable bonds is 25. The lowest BCUT2D eigenvalue weighted by Gasteiger charge is -2.31. The number of unbranched alkanes of at least 4 members (excludes halogenated alkanes) is 1. The summed E-state index contributed by atoms with van der Waals surface area (Å²) in [5.74, 6) is -8.17. The summed E-state index contributed by atoms with van der Waals surface area (Å²) in [6, 6.07) is -8.21. The minimum atomic E-state index is -1.65. The van der Waals surface area contributed by atoms with Crippen LogP contribution < -0.4 is 38.1 Å². The highest BCUT2D eigenvalue weighted by atomic mass is 16.4. The summed E-state index contributed by atoms with van der Waals surface area (Å²) in [6.07, 6.45) is 2.48. The Bertz CT molecular complexity index is 1360. The van der Waals surface area contributed by atoms with Crippen molar-refractivity contribution in [2.45, 2.75) is 155 Å². The van der Waals surface area contributed by atoms with Crippen LogP contribution in [0.2, 0.25) is 0 Å². The van der Waals surface area contributed by atoms with Crippen LogP contribution in [0.1, 0.15) is 113 Å². The third kappa shape index (κ3) is 15.7. The van der Waals surface area contributed by atoms with E-state index in [-0.39, 0.29) is 25.3 Å². The molecule has 0 unspecified atom stereocenters. The lowest BCUT2D eigenvalue weighted by Crippen LogP contribution is -2.61. The van der Waals surface area contributed by atoms with E-state index in [0.717, 1.165) is 0 Å².